The molecule has 0 saturated carbocycles. The molecule has 1 saturated heterocycles. The van der Waals surface area contributed by atoms with Crippen LogP contribution in [0.4, 0.5) is 13.2 Å². The Kier molecular flexibility index (Phi) is 6.07. The monoisotopic (exact) mass is 408 g/mol. The molecular formula is C20H19F3N2O2S. The molecule has 4 nitrogen and oxygen atoms in total. The quantitative estimate of drug-likeness (QED) is 0.550. The Morgan fingerprint density at radius 3 is 2.71 bits per heavy atom. The summed E-state index contributed by atoms with van der Waals surface area (Å²) in [6.45, 7) is 0.699. The summed E-state index contributed by atoms with van der Waals surface area (Å²) >= 11 is 1.36. The number of alkyl halides is 3. The van der Waals surface area contributed by atoms with E-state index in [4.69, 9.17) is 0 Å². The van der Waals surface area contributed by atoms with Gasteiger partial charge in [0, 0.05) is 30.8 Å². The van der Waals surface area contributed by atoms with Gasteiger partial charge in [-0.25, -0.2) is 4.98 Å². The SMILES string of the molecule is CSc1ncccc1C(=O)N1CCC[C@@H](C(=O)c2cccc(C(F)(F)F)c2)C1. The van der Waals surface area contributed by atoms with Crippen molar-refractivity contribution in [2.24, 2.45) is 5.92 Å². The van der Waals surface area contributed by atoms with Gasteiger partial charge in [-0.2, -0.15) is 13.2 Å². The second kappa shape index (κ2) is 8.34. The van der Waals surface area contributed by atoms with Crippen molar-refractivity contribution in [1.82, 2.24) is 9.88 Å². The Morgan fingerprint density at radius 2 is 2.00 bits per heavy atom. The molecule has 1 aliphatic heterocycles. The average molecular weight is 408 g/mol. The van der Waals surface area contributed by atoms with Gasteiger partial charge in [-0.3, -0.25) is 9.59 Å². The van der Waals surface area contributed by atoms with E-state index < -0.39 is 17.7 Å². The molecule has 0 spiro atoms. The zero-order valence-corrected chi connectivity index (χ0v) is 16.0. The minimum absolute atomic E-state index is 0.0281. The van der Waals surface area contributed by atoms with Gasteiger partial charge in [0.15, 0.2) is 5.78 Å². The molecule has 28 heavy (non-hydrogen) atoms. The minimum Gasteiger partial charge on any atom is -0.338 e. The maximum absolute atomic E-state index is 12.9. The van der Waals surface area contributed by atoms with Crippen LogP contribution in [-0.2, 0) is 6.18 Å². The van der Waals surface area contributed by atoms with E-state index in [-0.39, 0.29) is 23.8 Å². The number of halogens is 3. The Balaban J connectivity index is 1.78. The topological polar surface area (TPSA) is 50.3 Å². The molecule has 1 atom stereocenters. The first-order chi connectivity index (χ1) is 13.3. The first-order valence-electron chi connectivity index (χ1n) is 8.81. The fourth-order valence-electron chi connectivity index (χ4n) is 3.35. The summed E-state index contributed by atoms with van der Waals surface area (Å²) in [6.07, 6.45) is 0.102. The smallest absolute Gasteiger partial charge is 0.338 e. The number of ketones is 1. The number of benzene rings is 1. The number of aromatic nitrogens is 1. The van der Waals surface area contributed by atoms with Crippen LogP contribution in [0, 0.1) is 5.92 Å². The fourth-order valence-corrected chi connectivity index (χ4v) is 3.89. The van der Waals surface area contributed by atoms with E-state index in [2.05, 4.69) is 4.98 Å². The van der Waals surface area contributed by atoms with Crippen molar-refractivity contribution < 1.29 is 22.8 Å². The van der Waals surface area contributed by atoms with Gasteiger partial charge >= 0.3 is 6.18 Å². The van der Waals surface area contributed by atoms with Gasteiger partial charge in [-0.15, -0.1) is 11.8 Å². The third kappa shape index (κ3) is 4.38. The Hall–Kier alpha value is -2.35. The number of pyridine rings is 1. The van der Waals surface area contributed by atoms with Crippen molar-refractivity contribution in [2.75, 3.05) is 19.3 Å². The summed E-state index contributed by atoms with van der Waals surface area (Å²) in [6, 6.07) is 7.84. The molecule has 0 radical (unpaired) electrons. The highest BCUT2D eigenvalue weighted by Crippen LogP contribution is 2.31. The first-order valence-corrected chi connectivity index (χ1v) is 10.0. The summed E-state index contributed by atoms with van der Waals surface area (Å²) in [5.74, 6) is -1.09. The van der Waals surface area contributed by atoms with Gasteiger partial charge < -0.3 is 4.90 Å². The zero-order chi connectivity index (χ0) is 20.3. The van der Waals surface area contributed by atoms with Crippen molar-refractivity contribution in [3.05, 3.63) is 59.3 Å². The van der Waals surface area contributed by atoms with Crippen molar-refractivity contribution in [2.45, 2.75) is 24.0 Å². The highest BCUT2D eigenvalue weighted by molar-refractivity contribution is 7.98. The largest absolute Gasteiger partial charge is 0.416 e. The maximum atomic E-state index is 12.9. The highest BCUT2D eigenvalue weighted by Gasteiger charge is 2.33. The first kappa shape index (κ1) is 20.4. The van der Waals surface area contributed by atoms with Crippen molar-refractivity contribution in [3.8, 4) is 0 Å². The number of piperidine rings is 1. The van der Waals surface area contributed by atoms with Crippen LogP contribution in [0.3, 0.4) is 0 Å². The fraction of sp³-hybridized carbons (Fsp3) is 0.350. The van der Waals surface area contributed by atoms with Gasteiger partial charge in [-0.05, 0) is 43.4 Å². The minimum atomic E-state index is -4.50. The van der Waals surface area contributed by atoms with Crippen LogP contribution in [0.2, 0.25) is 0 Å². The van der Waals surface area contributed by atoms with Crippen LogP contribution in [0.25, 0.3) is 0 Å². The average Bonchev–Trinajstić information content (AvgIpc) is 2.72. The zero-order valence-electron chi connectivity index (χ0n) is 15.2. The van der Waals surface area contributed by atoms with Gasteiger partial charge in [0.2, 0.25) is 0 Å². The molecule has 0 unspecified atom stereocenters. The summed E-state index contributed by atoms with van der Waals surface area (Å²) in [4.78, 5) is 31.5. The molecule has 8 heteroatoms. The molecule has 148 valence electrons. The molecule has 1 aromatic heterocycles. The van der Waals surface area contributed by atoms with E-state index in [1.807, 2.05) is 6.26 Å². The summed E-state index contributed by atoms with van der Waals surface area (Å²) in [7, 11) is 0. The lowest BCUT2D eigenvalue weighted by atomic mass is 9.89. The van der Waals surface area contributed by atoms with E-state index in [1.54, 1.807) is 23.2 Å². The molecular weight excluding hydrogens is 389 g/mol. The Bertz CT molecular complexity index is 886. The molecule has 2 heterocycles. The molecule has 0 aliphatic carbocycles. The number of nitrogens with zero attached hydrogens (tertiary/aromatic N) is 2. The number of rotatable bonds is 4. The molecule has 0 bridgehead atoms. The van der Waals surface area contributed by atoms with Crippen LogP contribution in [0.1, 0.15) is 39.1 Å². The molecule has 1 amide bonds. The molecule has 0 N–H and O–H groups in total. The van der Waals surface area contributed by atoms with E-state index in [1.165, 1.54) is 23.9 Å². The number of hydrogen-bond acceptors (Lipinski definition) is 4. The molecule has 3 rings (SSSR count). The second-order valence-corrected chi connectivity index (χ2v) is 7.39. The van der Waals surface area contributed by atoms with Crippen LogP contribution in [-0.4, -0.2) is 40.9 Å². The van der Waals surface area contributed by atoms with Crippen LogP contribution >= 0.6 is 11.8 Å². The van der Waals surface area contributed by atoms with Crippen LogP contribution in [0.15, 0.2) is 47.6 Å². The van der Waals surface area contributed by atoms with E-state index in [0.717, 1.165) is 12.1 Å². The number of carbonyl (C=O) groups excluding carboxylic acids is 2. The standard InChI is InChI=1S/C20H19F3N2O2S/c1-28-18-16(8-3-9-24-18)19(27)25-10-4-6-14(12-25)17(26)13-5-2-7-15(11-13)20(21,22)23/h2-3,5,7-9,11,14H,4,6,10,12H2,1H3/t14-/m1/s1. The number of Topliss-reactive ketones (excluding diaryl/α,β-unsaturated/α-hetero) is 1. The van der Waals surface area contributed by atoms with Crippen molar-refractivity contribution in [3.63, 3.8) is 0 Å². The highest BCUT2D eigenvalue weighted by atomic mass is 32.2. The molecule has 2 aromatic rings. The molecule has 1 aromatic carbocycles. The van der Waals surface area contributed by atoms with E-state index in [0.29, 0.717) is 30.0 Å². The Labute approximate surface area is 165 Å². The van der Waals surface area contributed by atoms with Gasteiger partial charge in [0.25, 0.3) is 5.91 Å². The van der Waals surface area contributed by atoms with Crippen molar-refractivity contribution in [1.29, 1.82) is 0 Å². The van der Waals surface area contributed by atoms with Gasteiger partial charge in [-0.1, -0.05) is 12.1 Å². The van der Waals surface area contributed by atoms with Crippen LogP contribution < -0.4 is 0 Å². The number of amides is 1. The summed E-state index contributed by atoms with van der Waals surface area (Å²) in [5.41, 5.74) is -0.343. The van der Waals surface area contributed by atoms with Gasteiger partial charge in [0.05, 0.1) is 11.1 Å². The van der Waals surface area contributed by atoms with Crippen molar-refractivity contribution >= 4 is 23.5 Å². The van der Waals surface area contributed by atoms with Gasteiger partial charge in [0.1, 0.15) is 5.03 Å². The normalized spacial score (nSPS) is 17.4. The molecule has 1 fully saturated rings. The number of hydrogen-bond donors (Lipinski definition) is 0. The maximum Gasteiger partial charge on any atom is 0.416 e. The van der Waals surface area contributed by atoms with Crippen LogP contribution in [0.5, 0.6) is 0 Å². The third-order valence-electron chi connectivity index (χ3n) is 4.75. The number of carbonyl (C=O) groups is 2. The second-order valence-electron chi connectivity index (χ2n) is 6.59. The van der Waals surface area contributed by atoms with E-state index in [9.17, 15) is 22.8 Å². The summed E-state index contributed by atoms with van der Waals surface area (Å²) < 4.78 is 38.8. The third-order valence-corrected chi connectivity index (χ3v) is 5.46. The predicted octanol–water partition coefficient (Wildman–Crippen LogP) is 4.56. The predicted molar refractivity (Wildman–Crippen MR) is 100 cm³/mol. The van der Waals surface area contributed by atoms with E-state index >= 15 is 0 Å². The lowest BCUT2D eigenvalue weighted by Gasteiger charge is -2.32. The molecule has 1 aliphatic rings. The number of thioether (sulfide) groups is 1. The lowest BCUT2D eigenvalue weighted by molar-refractivity contribution is -0.137. The lowest BCUT2D eigenvalue weighted by Crippen LogP contribution is -2.42. The summed E-state index contributed by atoms with van der Waals surface area (Å²) in [5, 5.41) is 0.610. The Morgan fingerprint density at radius 1 is 1.21 bits per heavy atom. The number of likely N-dealkylation sites (tertiary alicyclic amines) is 1.